The molecule has 4 aromatic rings. The van der Waals surface area contributed by atoms with Crippen molar-refractivity contribution in [1.29, 1.82) is 0 Å². The maximum absolute atomic E-state index is 4.95. The molecule has 26 heavy (non-hydrogen) atoms. The molecule has 0 unspecified atom stereocenters. The zero-order valence-corrected chi connectivity index (χ0v) is 17.5. The van der Waals surface area contributed by atoms with E-state index in [0.29, 0.717) is 4.58 Å². The smallest absolute Gasteiger partial charge is 0.124 e. The first kappa shape index (κ1) is 16.9. The van der Waals surface area contributed by atoms with Crippen LogP contribution < -0.4 is 0 Å². The zero-order valence-electron chi connectivity index (χ0n) is 14.3. The van der Waals surface area contributed by atoms with Gasteiger partial charge in [0.25, 0.3) is 0 Å². The second-order valence-corrected chi connectivity index (χ2v) is 10.9. The fourth-order valence-corrected chi connectivity index (χ4v) is 8.18. The highest BCUT2D eigenvalue weighted by molar-refractivity contribution is 8.19. The second kappa shape index (κ2) is 7.04. The van der Waals surface area contributed by atoms with Crippen LogP contribution in [0.4, 0.5) is 0 Å². The molecule has 5 rings (SSSR count). The summed E-state index contributed by atoms with van der Waals surface area (Å²) in [5.41, 5.74) is 5.10. The Balaban J connectivity index is 1.46. The lowest BCUT2D eigenvalue weighted by molar-refractivity contribution is 1.37. The Morgan fingerprint density at radius 1 is 0.962 bits per heavy atom. The molecule has 1 fully saturated rings. The van der Waals surface area contributed by atoms with Crippen LogP contribution in [-0.2, 0) is 0 Å². The third-order valence-electron chi connectivity index (χ3n) is 4.63. The van der Waals surface area contributed by atoms with E-state index in [0.717, 1.165) is 10.7 Å². The van der Waals surface area contributed by atoms with Crippen molar-refractivity contribution >= 4 is 56.3 Å². The fourth-order valence-electron chi connectivity index (χ4n) is 3.26. The molecule has 5 heteroatoms. The fraction of sp³-hybridized carbons (Fsp3) is 0.190. The van der Waals surface area contributed by atoms with E-state index in [9.17, 15) is 0 Å². The highest BCUT2D eigenvalue weighted by Crippen LogP contribution is 2.45. The minimum Gasteiger partial charge on any atom is -0.235 e. The van der Waals surface area contributed by atoms with Crippen LogP contribution in [0, 0.1) is 6.92 Å². The third-order valence-corrected chi connectivity index (χ3v) is 9.92. The van der Waals surface area contributed by atoms with E-state index in [1.807, 2.05) is 11.3 Å². The Bertz CT molecular complexity index is 1060. The number of benzene rings is 2. The van der Waals surface area contributed by atoms with Gasteiger partial charge in [0, 0.05) is 27.1 Å². The molecule has 0 bridgehead atoms. The molecule has 0 spiro atoms. The lowest BCUT2D eigenvalue weighted by atomic mass is 10.1. The van der Waals surface area contributed by atoms with E-state index in [2.05, 4.69) is 84.4 Å². The van der Waals surface area contributed by atoms with Gasteiger partial charge < -0.3 is 0 Å². The van der Waals surface area contributed by atoms with E-state index in [4.69, 9.17) is 4.98 Å². The molecule has 0 aliphatic carbocycles. The van der Waals surface area contributed by atoms with Crippen LogP contribution >= 0.6 is 46.2 Å². The summed E-state index contributed by atoms with van der Waals surface area (Å²) in [6, 6.07) is 17.6. The third kappa shape index (κ3) is 3.01. The number of aromatic nitrogens is 1. The largest absolute Gasteiger partial charge is 0.235 e. The minimum absolute atomic E-state index is 0.608. The molecule has 0 saturated carbocycles. The Morgan fingerprint density at radius 2 is 1.73 bits per heavy atom. The Kier molecular flexibility index (Phi) is 4.57. The van der Waals surface area contributed by atoms with Crippen molar-refractivity contribution in [2.75, 3.05) is 11.5 Å². The summed E-state index contributed by atoms with van der Waals surface area (Å²) in [5, 5.41) is 4.65. The van der Waals surface area contributed by atoms with Crippen molar-refractivity contribution < 1.29 is 0 Å². The second-order valence-electron chi connectivity index (χ2n) is 6.29. The molecule has 1 saturated heterocycles. The van der Waals surface area contributed by atoms with Gasteiger partial charge in [-0.15, -0.1) is 46.2 Å². The number of hydrogen-bond donors (Lipinski definition) is 0. The van der Waals surface area contributed by atoms with Crippen molar-refractivity contribution in [2.45, 2.75) is 11.5 Å². The SMILES string of the molecule is Cc1c(-c2csc(-c3ccc(C4SCCS4)cc3)n2)sc2ccccc12. The number of rotatable bonds is 3. The Labute approximate surface area is 169 Å². The average Bonchev–Trinajstić information content (AvgIpc) is 3.43. The van der Waals surface area contributed by atoms with Crippen LogP contribution in [0.1, 0.15) is 15.7 Å². The van der Waals surface area contributed by atoms with Crippen molar-refractivity contribution in [2.24, 2.45) is 0 Å². The van der Waals surface area contributed by atoms with E-state index in [-0.39, 0.29) is 0 Å². The standard InChI is InChI=1S/C21H17NS4/c1-13-16-4-2-3-5-18(16)26-19(13)17-12-25-20(22-17)14-6-8-15(9-7-14)21-23-10-11-24-21/h2-9,12,21H,10-11H2,1H3. The van der Waals surface area contributed by atoms with Gasteiger partial charge in [-0.05, 0) is 29.5 Å². The molecule has 2 aromatic heterocycles. The van der Waals surface area contributed by atoms with Crippen molar-refractivity contribution in [3.8, 4) is 21.1 Å². The molecule has 1 aliphatic heterocycles. The zero-order chi connectivity index (χ0) is 17.5. The number of nitrogens with zero attached hydrogens (tertiary/aromatic N) is 1. The van der Waals surface area contributed by atoms with Crippen molar-refractivity contribution in [3.05, 3.63) is 65.0 Å². The maximum atomic E-state index is 4.95. The summed E-state index contributed by atoms with van der Waals surface area (Å²) >= 11 is 7.69. The maximum Gasteiger partial charge on any atom is 0.124 e. The van der Waals surface area contributed by atoms with E-state index >= 15 is 0 Å². The summed E-state index contributed by atoms with van der Waals surface area (Å²) in [7, 11) is 0. The lowest BCUT2D eigenvalue weighted by Crippen LogP contribution is -1.85. The van der Waals surface area contributed by atoms with Crippen LogP contribution in [-0.4, -0.2) is 16.5 Å². The molecular weight excluding hydrogens is 395 g/mol. The van der Waals surface area contributed by atoms with Gasteiger partial charge in [0.15, 0.2) is 0 Å². The van der Waals surface area contributed by atoms with Gasteiger partial charge in [-0.25, -0.2) is 4.98 Å². The summed E-state index contributed by atoms with van der Waals surface area (Å²) in [6.07, 6.45) is 0. The Morgan fingerprint density at radius 3 is 2.50 bits per heavy atom. The first-order chi connectivity index (χ1) is 12.8. The predicted octanol–water partition coefficient (Wildman–Crippen LogP) is 7.48. The molecule has 1 nitrogen and oxygen atoms in total. The van der Waals surface area contributed by atoms with Crippen molar-refractivity contribution in [1.82, 2.24) is 4.98 Å². The van der Waals surface area contributed by atoms with Gasteiger partial charge in [-0.2, -0.15) is 0 Å². The number of hydrogen-bond acceptors (Lipinski definition) is 5. The van der Waals surface area contributed by atoms with Crippen LogP contribution in [0.15, 0.2) is 53.9 Å². The molecule has 0 atom stereocenters. The van der Waals surface area contributed by atoms with E-state index in [1.165, 1.54) is 43.2 Å². The van der Waals surface area contributed by atoms with E-state index < -0.39 is 0 Å². The minimum atomic E-state index is 0.608. The lowest BCUT2D eigenvalue weighted by Gasteiger charge is -2.08. The molecule has 0 N–H and O–H groups in total. The van der Waals surface area contributed by atoms with Gasteiger partial charge in [-0.1, -0.05) is 42.5 Å². The molecule has 3 heterocycles. The summed E-state index contributed by atoms with van der Waals surface area (Å²) in [6.45, 7) is 2.21. The molecule has 1 aliphatic rings. The molecular formula is C21H17NS4. The number of thioether (sulfide) groups is 2. The van der Waals surface area contributed by atoms with Crippen LogP contribution in [0.3, 0.4) is 0 Å². The van der Waals surface area contributed by atoms with Gasteiger partial charge >= 0.3 is 0 Å². The highest BCUT2D eigenvalue weighted by Gasteiger charge is 2.18. The normalized spacial score (nSPS) is 15.1. The first-order valence-electron chi connectivity index (χ1n) is 8.57. The van der Waals surface area contributed by atoms with Crippen LogP contribution in [0.5, 0.6) is 0 Å². The average molecular weight is 412 g/mol. The van der Waals surface area contributed by atoms with Crippen LogP contribution in [0.25, 0.3) is 31.2 Å². The molecule has 0 radical (unpaired) electrons. The van der Waals surface area contributed by atoms with Gasteiger partial charge in [-0.3, -0.25) is 0 Å². The molecule has 130 valence electrons. The number of thiazole rings is 1. The van der Waals surface area contributed by atoms with Crippen LogP contribution in [0.2, 0.25) is 0 Å². The molecule has 0 amide bonds. The monoisotopic (exact) mass is 411 g/mol. The summed E-state index contributed by atoms with van der Waals surface area (Å²) < 4.78 is 1.95. The summed E-state index contributed by atoms with van der Waals surface area (Å²) in [5.74, 6) is 2.53. The quantitative estimate of drug-likeness (QED) is 0.347. The predicted molar refractivity (Wildman–Crippen MR) is 121 cm³/mol. The topological polar surface area (TPSA) is 12.9 Å². The Hall–Kier alpha value is -1.27. The van der Waals surface area contributed by atoms with Gasteiger partial charge in [0.05, 0.1) is 15.2 Å². The molecule has 2 aromatic carbocycles. The number of thiophene rings is 1. The number of aryl methyl sites for hydroxylation is 1. The van der Waals surface area contributed by atoms with Crippen molar-refractivity contribution in [3.63, 3.8) is 0 Å². The number of fused-ring (bicyclic) bond motifs is 1. The summed E-state index contributed by atoms with van der Waals surface area (Å²) in [4.78, 5) is 6.25. The van der Waals surface area contributed by atoms with E-state index in [1.54, 1.807) is 11.3 Å². The first-order valence-corrected chi connectivity index (χ1v) is 12.4. The highest BCUT2D eigenvalue weighted by atomic mass is 32.2. The van der Waals surface area contributed by atoms with Gasteiger partial charge in [0.2, 0.25) is 0 Å². The van der Waals surface area contributed by atoms with Gasteiger partial charge in [0.1, 0.15) is 5.01 Å².